The molecule has 1 aliphatic carbocycles. The molecule has 0 bridgehead atoms. The molecule has 2 rings (SSSR count). The fraction of sp³-hybridized carbons (Fsp3) is 0.500. The Labute approximate surface area is 131 Å². The van der Waals surface area contributed by atoms with Crippen LogP contribution in [0.1, 0.15) is 18.5 Å². The number of pyridine rings is 1. The maximum absolute atomic E-state index is 11.5. The van der Waals surface area contributed by atoms with Crippen LogP contribution >= 0.6 is 0 Å². The number of aromatic nitrogens is 1. The van der Waals surface area contributed by atoms with E-state index in [0.29, 0.717) is 6.54 Å². The van der Waals surface area contributed by atoms with Gasteiger partial charge in [-0.1, -0.05) is 12.1 Å². The molecule has 1 saturated carbocycles. The summed E-state index contributed by atoms with van der Waals surface area (Å²) in [5.74, 6) is 1.63. The molecule has 1 amide bonds. The fourth-order valence-corrected chi connectivity index (χ4v) is 1.87. The van der Waals surface area contributed by atoms with Gasteiger partial charge in [-0.15, -0.1) is 0 Å². The minimum absolute atomic E-state index is 0.111. The van der Waals surface area contributed by atoms with E-state index in [0.717, 1.165) is 24.0 Å². The highest BCUT2D eigenvalue weighted by atomic mass is 16.7. The lowest BCUT2D eigenvalue weighted by Crippen LogP contribution is -2.34. The van der Waals surface area contributed by atoms with Crippen LogP contribution in [0.4, 0.5) is 5.82 Å². The van der Waals surface area contributed by atoms with E-state index < -0.39 is 0 Å². The number of nitrogens with zero attached hydrogens (tertiary/aromatic N) is 2. The van der Waals surface area contributed by atoms with Gasteiger partial charge in [0, 0.05) is 20.1 Å². The summed E-state index contributed by atoms with van der Waals surface area (Å²) in [7, 11) is 3.05. The highest BCUT2D eigenvalue weighted by molar-refractivity contribution is 5.76. The van der Waals surface area contributed by atoms with Crippen LogP contribution in [0.15, 0.2) is 24.3 Å². The second-order valence-corrected chi connectivity index (χ2v) is 5.38. The van der Waals surface area contributed by atoms with Gasteiger partial charge in [0.25, 0.3) is 5.91 Å². The van der Waals surface area contributed by atoms with Crippen LogP contribution in [-0.4, -0.2) is 49.7 Å². The monoisotopic (exact) mass is 304 g/mol. The van der Waals surface area contributed by atoms with Crippen molar-refractivity contribution in [2.75, 3.05) is 39.1 Å². The minimum Gasteiger partial charge on any atom is -0.370 e. The van der Waals surface area contributed by atoms with Crippen molar-refractivity contribution in [1.82, 2.24) is 15.4 Å². The van der Waals surface area contributed by atoms with Gasteiger partial charge in [0.1, 0.15) is 5.82 Å². The highest BCUT2D eigenvalue weighted by Gasteiger charge is 2.20. The van der Waals surface area contributed by atoms with E-state index in [2.05, 4.69) is 15.6 Å². The van der Waals surface area contributed by atoms with E-state index in [1.54, 1.807) is 7.05 Å². The summed E-state index contributed by atoms with van der Waals surface area (Å²) in [5, 5.41) is 7.59. The number of anilines is 1. The first-order valence-corrected chi connectivity index (χ1v) is 7.58. The van der Waals surface area contributed by atoms with Gasteiger partial charge in [-0.3, -0.25) is 9.63 Å². The summed E-state index contributed by atoms with van der Waals surface area (Å²) < 4.78 is 0. The first-order chi connectivity index (χ1) is 10.7. The molecule has 1 aliphatic rings. The molecule has 0 aromatic carbocycles. The van der Waals surface area contributed by atoms with Crippen LogP contribution in [0.25, 0.3) is 6.08 Å². The van der Waals surface area contributed by atoms with Crippen LogP contribution < -0.4 is 10.6 Å². The Morgan fingerprint density at radius 2 is 2.32 bits per heavy atom. The van der Waals surface area contributed by atoms with Gasteiger partial charge in [0.2, 0.25) is 0 Å². The Morgan fingerprint density at radius 3 is 3.05 bits per heavy atom. The molecule has 1 fully saturated rings. The third kappa shape index (κ3) is 5.83. The third-order valence-electron chi connectivity index (χ3n) is 3.49. The van der Waals surface area contributed by atoms with Crippen molar-refractivity contribution < 1.29 is 9.63 Å². The average Bonchev–Trinajstić information content (AvgIpc) is 3.36. The van der Waals surface area contributed by atoms with Gasteiger partial charge < -0.3 is 10.6 Å². The van der Waals surface area contributed by atoms with Gasteiger partial charge in [-0.2, -0.15) is 0 Å². The largest absolute Gasteiger partial charge is 0.370 e. The normalized spacial score (nSPS) is 14.3. The third-order valence-corrected chi connectivity index (χ3v) is 3.49. The van der Waals surface area contributed by atoms with E-state index in [1.165, 1.54) is 25.0 Å². The van der Waals surface area contributed by atoms with Crippen LogP contribution in [0.2, 0.25) is 0 Å². The molecule has 2 N–H and O–H groups in total. The van der Waals surface area contributed by atoms with Crippen molar-refractivity contribution in [3.05, 3.63) is 30.0 Å². The van der Waals surface area contributed by atoms with Gasteiger partial charge in [0.15, 0.2) is 0 Å². The average molecular weight is 304 g/mol. The predicted octanol–water partition coefficient (Wildman–Crippen LogP) is 1.53. The Morgan fingerprint density at radius 1 is 1.50 bits per heavy atom. The van der Waals surface area contributed by atoms with E-state index >= 15 is 0 Å². The molecule has 1 aromatic heterocycles. The van der Waals surface area contributed by atoms with E-state index in [4.69, 9.17) is 4.84 Å². The molecule has 0 radical (unpaired) electrons. The molecule has 1 heterocycles. The van der Waals surface area contributed by atoms with Crippen molar-refractivity contribution in [3.63, 3.8) is 0 Å². The molecule has 0 spiro atoms. The van der Waals surface area contributed by atoms with Crippen LogP contribution in [0.3, 0.4) is 0 Å². The van der Waals surface area contributed by atoms with Crippen molar-refractivity contribution in [2.45, 2.75) is 12.8 Å². The van der Waals surface area contributed by atoms with Gasteiger partial charge in [-0.05, 0) is 37.0 Å². The Kier molecular flexibility index (Phi) is 6.36. The summed E-state index contributed by atoms with van der Waals surface area (Å²) in [6, 6.07) is 5.94. The van der Waals surface area contributed by atoms with Gasteiger partial charge in [0.05, 0.1) is 19.3 Å². The molecule has 6 heteroatoms. The van der Waals surface area contributed by atoms with E-state index in [9.17, 15) is 4.79 Å². The molecular formula is C16H24N4O2. The Bertz CT molecular complexity index is 515. The molecule has 0 saturated heterocycles. The Balaban J connectivity index is 1.70. The Hall–Kier alpha value is -1.92. The maximum Gasteiger partial charge on any atom is 0.259 e. The SMILES string of the molecule is CON(C)C(=O)CNC/C=C/c1cccc(NCC2CC2)n1. The number of hydroxylamine groups is 2. The zero-order valence-electron chi connectivity index (χ0n) is 13.2. The van der Waals surface area contributed by atoms with Crippen LogP contribution in [-0.2, 0) is 9.63 Å². The zero-order valence-corrected chi connectivity index (χ0v) is 13.2. The lowest BCUT2D eigenvalue weighted by molar-refractivity contribution is -0.167. The smallest absolute Gasteiger partial charge is 0.259 e. The quantitative estimate of drug-likeness (QED) is 0.535. The van der Waals surface area contributed by atoms with E-state index in [-0.39, 0.29) is 12.5 Å². The summed E-state index contributed by atoms with van der Waals surface area (Å²) in [5.41, 5.74) is 0.905. The number of hydrogen-bond donors (Lipinski definition) is 2. The molecular weight excluding hydrogens is 280 g/mol. The van der Waals surface area contributed by atoms with Crippen molar-refractivity contribution in [2.24, 2.45) is 5.92 Å². The number of carbonyl (C=O) groups is 1. The highest BCUT2D eigenvalue weighted by Crippen LogP contribution is 2.28. The predicted molar refractivity (Wildman–Crippen MR) is 87.1 cm³/mol. The maximum atomic E-state index is 11.5. The number of hydrogen-bond acceptors (Lipinski definition) is 5. The number of likely N-dealkylation sites (N-methyl/N-ethyl adjacent to an activating group) is 1. The molecule has 0 aliphatic heterocycles. The second kappa shape index (κ2) is 8.51. The van der Waals surface area contributed by atoms with Crippen molar-refractivity contribution in [3.8, 4) is 0 Å². The lowest BCUT2D eigenvalue weighted by Gasteiger charge is -2.13. The molecule has 6 nitrogen and oxygen atoms in total. The topological polar surface area (TPSA) is 66.5 Å². The van der Waals surface area contributed by atoms with Crippen molar-refractivity contribution in [1.29, 1.82) is 0 Å². The van der Waals surface area contributed by atoms with Crippen LogP contribution in [0.5, 0.6) is 0 Å². The molecule has 1 aromatic rings. The number of carbonyl (C=O) groups excluding carboxylic acids is 1. The van der Waals surface area contributed by atoms with Gasteiger partial charge in [-0.25, -0.2) is 10.0 Å². The number of nitrogens with one attached hydrogen (secondary N) is 2. The standard InChI is InChI=1S/C16H24N4O2/c1-20(22-2)16(21)12-17-10-4-6-14-5-3-7-15(19-14)18-11-13-8-9-13/h3-7,13,17H,8-12H2,1-2H3,(H,18,19)/b6-4+. The molecule has 0 atom stereocenters. The second-order valence-electron chi connectivity index (χ2n) is 5.38. The minimum atomic E-state index is -0.111. The molecule has 120 valence electrons. The van der Waals surface area contributed by atoms with Crippen molar-refractivity contribution >= 4 is 17.8 Å². The summed E-state index contributed by atoms with van der Waals surface area (Å²) >= 11 is 0. The first-order valence-electron chi connectivity index (χ1n) is 7.58. The fourth-order valence-electron chi connectivity index (χ4n) is 1.87. The number of rotatable bonds is 9. The zero-order chi connectivity index (χ0) is 15.8. The summed E-state index contributed by atoms with van der Waals surface area (Å²) in [6.45, 7) is 1.85. The van der Waals surface area contributed by atoms with E-state index in [1.807, 2.05) is 30.4 Å². The lowest BCUT2D eigenvalue weighted by atomic mass is 10.3. The molecule has 0 unspecified atom stereocenters. The molecule has 22 heavy (non-hydrogen) atoms. The number of amides is 1. The van der Waals surface area contributed by atoms with Crippen LogP contribution in [0, 0.1) is 5.92 Å². The summed E-state index contributed by atoms with van der Waals surface area (Å²) in [4.78, 5) is 20.8. The van der Waals surface area contributed by atoms with Gasteiger partial charge >= 0.3 is 0 Å². The first kappa shape index (κ1) is 16.5. The summed E-state index contributed by atoms with van der Waals surface area (Å²) in [6.07, 6.45) is 6.55.